The number of nitrogens with zero attached hydrogens (tertiary/aromatic N) is 2. The molecule has 0 aliphatic rings. The number of anilines is 1. The minimum Gasteiger partial charge on any atom is -0.352 e. The fourth-order valence-corrected chi connectivity index (χ4v) is 4.51. The van der Waals surface area contributed by atoms with E-state index in [1.807, 2.05) is 13.8 Å². The van der Waals surface area contributed by atoms with Crippen LogP contribution in [-0.4, -0.2) is 50.0 Å². The summed E-state index contributed by atoms with van der Waals surface area (Å²) in [6.45, 7) is 6.85. The number of benzene rings is 2. The number of amides is 2. The van der Waals surface area contributed by atoms with E-state index in [2.05, 4.69) is 5.32 Å². The van der Waals surface area contributed by atoms with Gasteiger partial charge in [-0.1, -0.05) is 43.6 Å². The zero-order valence-corrected chi connectivity index (χ0v) is 22.3. The van der Waals surface area contributed by atoms with Gasteiger partial charge in [0.05, 0.1) is 11.9 Å². The average molecular weight is 526 g/mol. The molecule has 2 aromatic carbocycles. The van der Waals surface area contributed by atoms with E-state index in [0.717, 1.165) is 16.1 Å². The Bertz CT molecular complexity index is 1140. The highest BCUT2D eigenvalue weighted by Gasteiger charge is 2.32. The molecule has 0 unspecified atom stereocenters. The number of carbonyl (C=O) groups excluding carboxylic acids is 2. The largest absolute Gasteiger partial charge is 0.352 e. The summed E-state index contributed by atoms with van der Waals surface area (Å²) in [7, 11) is -3.85. The van der Waals surface area contributed by atoms with Gasteiger partial charge >= 0.3 is 0 Å². The molecule has 2 atom stereocenters. The number of sulfonamides is 1. The lowest BCUT2D eigenvalue weighted by molar-refractivity contribution is -0.140. The second-order valence-corrected chi connectivity index (χ2v) is 10.9. The zero-order valence-electron chi connectivity index (χ0n) is 20.7. The molecule has 0 radical (unpaired) electrons. The highest BCUT2D eigenvalue weighted by atomic mass is 35.5. The molecule has 7 nitrogen and oxygen atoms in total. The van der Waals surface area contributed by atoms with Gasteiger partial charge in [-0.15, -0.1) is 0 Å². The Labute approximate surface area is 212 Å². The van der Waals surface area contributed by atoms with E-state index in [-0.39, 0.29) is 24.2 Å². The van der Waals surface area contributed by atoms with E-state index < -0.39 is 34.3 Å². The first-order valence-electron chi connectivity index (χ1n) is 11.5. The molecule has 0 bridgehead atoms. The van der Waals surface area contributed by atoms with Crippen molar-refractivity contribution in [3.8, 4) is 0 Å². The number of carbonyl (C=O) groups is 2. The van der Waals surface area contributed by atoms with Crippen molar-refractivity contribution < 1.29 is 22.4 Å². The second-order valence-electron chi connectivity index (χ2n) is 8.59. The molecule has 0 spiro atoms. The monoisotopic (exact) mass is 525 g/mol. The molecule has 10 heteroatoms. The van der Waals surface area contributed by atoms with Gasteiger partial charge in [-0.3, -0.25) is 13.9 Å². The third-order valence-corrected chi connectivity index (χ3v) is 7.32. The lowest BCUT2D eigenvalue weighted by Gasteiger charge is -2.33. The van der Waals surface area contributed by atoms with Crippen LogP contribution < -0.4 is 9.62 Å². The average Bonchev–Trinajstić information content (AvgIpc) is 2.79. The van der Waals surface area contributed by atoms with Crippen LogP contribution in [0.2, 0.25) is 5.02 Å². The van der Waals surface area contributed by atoms with Gasteiger partial charge in [-0.2, -0.15) is 0 Å². The topological polar surface area (TPSA) is 86.8 Å². The summed E-state index contributed by atoms with van der Waals surface area (Å²) in [6, 6.07) is 9.41. The van der Waals surface area contributed by atoms with Crippen LogP contribution in [0.5, 0.6) is 0 Å². The highest BCUT2D eigenvalue weighted by Crippen LogP contribution is 2.25. The van der Waals surface area contributed by atoms with Gasteiger partial charge < -0.3 is 10.2 Å². The van der Waals surface area contributed by atoms with Crippen LogP contribution in [0.1, 0.15) is 44.7 Å². The normalized spacial score (nSPS) is 13.1. The summed E-state index contributed by atoms with van der Waals surface area (Å²) in [4.78, 5) is 28.0. The quantitative estimate of drug-likeness (QED) is 0.474. The molecule has 192 valence electrons. The minimum atomic E-state index is -3.85. The van der Waals surface area contributed by atoms with Gasteiger partial charge in [0.15, 0.2) is 0 Å². The minimum absolute atomic E-state index is 0.0117. The molecular formula is C25H33ClFN3O4S. The SMILES string of the molecule is CC[C@H](C)NC(=O)[C@H](CC)N(Cc1ccc(F)cc1)C(=O)CN(c1ccc(C)c(Cl)c1)S(C)(=O)=O. The molecule has 0 saturated heterocycles. The molecule has 0 heterocycles. The molecule has 2 aromatic rings. The number of hydrogen-bond donors (Lipinski definition) is 1. The van der Waals surface area contributed by atoms with E-state index in [1.54, 1.807) is 26.0 Å². The van der Waals surface area contributed by atoms with Gasteiger partial charge in [-0.25, -0.2) is 12.8 Å². The third kappa shape index (κ3) is 7.93. The van der Waals surface area contributed by atoms with Crippen LogP contribution in [0.3, 0.4) is 0 Å². The Kier molecular flexibility index (Phi) is 10.1. The van der Waals surface area contributed by atoms with Crippen molar-refractivity contribution >= 4 is 39.1 Å². The molecular weight excluding hydrogens is 493 g/mol. The standard InChI is InChI=1S/C25H33ClFN3O4S/c1-6-18(4)28-25(32)23(7-2)29(15-19-9-11-20(27)12-10-19)24(31)16-30(35(5,33)34)21-13-8-17(3)22(26)14-21/h8-14,18,23H,6-7,15-16H2,1-5H3,(H,28,32)/t18-,23-/m0/s1. The number of aryl methyl sites for hydroxylation is 1. The predicted molar refractivity (Wildman–Crippen MR) is 137 cm³/mol. The van der Waals surface area contributed by atoms with Crippen LogP contribution in [-0.2, 0) is 26.2 Å². The number of halogens is 2. The molecule has 2 amide bonds. The molecule has 0 fully saturated rings. The van der Waals surface area contributed by atoms with Crippen LogP contribution in [0.4, 0.5) is 10.1 Å². The highest BCUT2D eigenvalue weighted by molar-refractivity contribution is 7.92. The third-order valence-electron chi connectivity index (χ3n) is 5.78. The first-order valence-corrected chi connectivity index (χ1v) is 13.7. The van der Waals surface area contributed by atoms with Crippen molar-refractivity contribution in [1.82, 2.24) is 10.2 Å². The van der Waals surface area contributed by atoms with Gasteiger partial charge in [0, 0.05) is 17.6 Å². The van der Waals surface area contributed by atoms with Gasteiger partial charge in [0.2, 0.25) is 21.8 Å². The summed E-state index contributed by atoms with van der Waals surface area (Å²) in [5.41, 5.74) is 1.62. The van der Waals surface area contributed by atoms with E-state index in [1.165, 1.54) is 35.2 Å². The smallest absolute Gasteiger partial charge is 0.244 e. The Balaban J connectivity index is 2.45. The Morgan fingerprint density at radius 2 is 1.71 bits per heavy atom. The molecule has 0 aromatic heterocycles. The summed E-state index contributed by atoms with van der Waals surface area (Å²) >= 11 is 6.20. The summed E-state index contributed by atoms with van der Waals surface area (Å²) in [5, 5.41) is 3.26. The van der Waals surface area contributed by atoms with Crippen molar-refractivity contribution in [3.63, 3.8) is 0 Å². The van der Waals surface area contributed by atoms with Gasteiger partial charge in [0.1, 0.15) is 18.4 Å². The summed E-state index contributed by atoms with van der Waals surface area (Å²) in [6.07, 6.45) is 2.03. The van der Waals surface area contributed by atoms with Crippen molar-refractivity contribution in [2.45, 2.75) is 59.2 Å². The molecule has 0 aliphatic carbocycles. The Hall–Kier alpha value is -2.65. The first-order chi connectivity index (χ1) is 16.4. The van der Waals surface area contributed by atoms with Crippen LogP contribution >= 0.6 is 11.6 Å². The van der Waals surface area contributed by atoms with Crippen LogP contribution in [0.15, 0.2) is 42.5 Å². The molecule has 1 N–H and O–H groups in total. The van der Waals surface area contributed by atoms with Crippen molar-refractivity contribution in [1.29, 1.82) is 0 Å². The fourth-order valence-electron chi connectivity index (χ4n) is 3.50. The van der Waals surface area contributed by atoms with E-state index in [4.69, 9.17) is 11.6 Å². The predicted octanol–water partition coefficient (Wildman–Crippen LogP) is 4.28. The van der Waals surface area contributed by atoms with E-state index >= 15 is 0 Å². The molecule has 0 saturated carbocycles. The van der Waals surface area contributed by atoms with Gasteiger partial charge in [0.25, 0.3) is 0 Å². The summed E-state index contributed by atoms with van der Waals surface area (Å²) < 4.78 is 39.7. The maximum Gasteiger partial charge on any atom is 0.244 e. The van der Waals surface area contributed by atoms with Gasteiger partial charge in [-0.05, 0) is 62.1 Å². The lowest BCUT2D eigenvalue weighted by Crippen LogP contribution is -2.53. The van der Waals surface area contributed by atoms with Crippen LogP contribution in [0, 0.1) is 12.7 Å². The van der Waals surface area contributed by atoms with Crippen molar-refractivity contribution in [3.05, 3.63) is 64.4 Å². The lowest BCUT2D eigenvalue weighted by atomic mass is 10.1. The number of nitrogens with one attached hydrogen (secondary N) is 1. The van der Waals surface area contributed by atoms with Crippen molar-refractivity contribution in [2.75, 3.05) is 17.1 Å². The molecule has 35 heavy (non-hydrogen) atoms. The second kappa shape index (κ2) is 12.4. The number of rotatable bonds is 11. The maximum absolute atomic E-state index is 13.6. The van der Waals surface area contributed by atoms with Crippen LogP contribution in [0.25, 0.3) is 0 Å². The van der Waals surface area contributed by atoms with E-state index in [9.17, 15) is 22.4 Å². The molecule has 2 rings (SSSR count). The Morgan fingerprint density at radius 3 is 2.23 bits per heavy atom. The maximum atomic E-state index is 13.6. The fraction of sp³-hybridized carbons (Fsp3) is 0.440. The Morgan fingerprint density at radius 1 is 1.09 bits per heavy atom. The molecule has 0 aliphatic heterocycles. The summed E-state index contributed by atoms with van der Waals surface area (Å²) in [5.74, 6) is -1.32. The van der Waals surface area contributed by atoms with E-state index in [0.29, 0.717) is 23.4 Å². The number of hydrogen-bond acceptors (Lipinski definition) is 4. The first kappa shape index (κ1) is 28.6. The van der Waals surface area contributed by atoms with Crippen molar-refractivity contribution in [2.24, 2.45) is 0 Å². The zero-order chi connectivity index (χ0) is 26.3.